The molecule has 0 atom stereocenters. The van der Waals surface area contributed by atoms with Gasteiger partial charge in [-0.1, -0.05) is 12.1 Å². The summed E-state index contributed by atoms with van der Waals surface area (Å²) in [5.41, 5.74) is 1.60. The van der Waals surface area contributed by atoms with E-state index in [1.165, 1.54) is 25.3 Å². The van der Waals surface area contributed by atoms with Crippen LogP contribution >= 0.6 is 0 Å². The molecule has 0 bridgehead atoms. The molecule has 0 saturated carbocycles. The van der Waals surface area contributed by atoms with Crippen LogP contribution in [0.5, 0.6) is 0 Å². The Hall–Kier alpha value is -3.40. The van der Waals surface area contributed by atoms with Crippen molar-refractivity contribution in [2.45, 2.75) is 17.7 Å². The molecule has 2 aromatic carbocycles. The van der Waals surface area contributed by atoms with Gasteiger partial charge in [0.15, 0.2) is 5.69 Å². The molecule has 10 heteroatoms. The standard InChI is InChI=1S/C18H17N3O6S/c1-27-18(24)17-14-10-12(5-8-15(14)19-20-17)21-28(25,26)13-6-2-11(3-7-13)4-9-16(22)23/h2-3,5-8,10,21H,4,9H2,1H3,(H,19,20)(H,22,23). The van der Waals surface area contributed by atoms with Gasteiger partial charge in [0, 0.05) is 17.5 Å². The Morgan fingerprint density at radius 3 is 2.54 bits per heavy atom. The van der Waals surface area contributed by atoms with E-state index < -0.39 is 22.0 Å². The lowest BCUT2D eigenvalue weighted by Gasteiger charge is -2.09. The number of sulfonamides is 1. The van der Waals surface area contributed by atoms with Crippen molar-refractivity contribution in [3.05, 3.63) is 53.7 Å². The molecule has 0 unspecified atom stereocenters. The van der Waals surface area contributed by atoms with Crippen LogP contribution < -0.4 is 4.72 Å². The molecule has 3 rings (SSSR count). The van der Waals surface area contributed by atoms with E-state index in [1.54, 1.807) is 24.3 Å². The molecule has 1 heterocycles. The van der Waals surface area contributed by atoms with Gasteiger partial charge in [0.25, 0.3) is 10.0 Å². The molecule has 0 spiro atoms. The quantitative estimate of drug-likeness (QED) is 0.514. The number of nitrogens with zero attached hydrogens (tertiary/aromatic N) is 1. The summed E-state index contributed by atoms with van der Waals surface area (Å²) in [7, 11) is -2.63. The first kappa shape index (κ1) is 19.4. The molecule has 0 amide bonds. The maximum Gasteiger partial charge on any atom is 0.359 e. The first-order valence-corrected chi connectivity index (χ1v) is 9.68. The van der Waals surface area contributed by atoms with E-state index in [0.29, 0.717) is 17.3 Å². The molecular formula is C18H17N3O6S. The Kier molecular flexibility index (Phi) is 5.32. The molecule has 0 aliphatic heterocycles. The largest absolute Gasteiger partial charge is 0.481 e. The molecule has 1 aromatic heterocycles. The number of carbonyl (C=O) groups excluding carboxylic acids is 1. The fourth-order valence-electron chi connectivity index (χ4n) is 2.63. The van der Waals surface area contributed by atoms with Gasteiger partial charge >= 0.3 is 11.9 Å². The number of esters is 1. The molecule has 0 radical (unpaired) electrons. The third-order valence-corrected chi connectivity index (χ3v) is 5.45. The average molecular weight is 403 g/mol. The molecular weight excluding hydrogens is 386 g/mol. The smallest absolute Gasteiger partial charge is 0.359 e. The van der Waals surface area contributed by atoms with Crippen LogP contribution in [0.3, 0.4) is 0 Å². The van der Waals surface area contributed by atoms with Crippen LogP contribution in [0.4, 0.5) is 5.69 Å². The topological polar surface area (TPSA) is 138 Å². The summed E-state index contributed by atoms with van der Waals surface area (Å²) in [6.45, 7) is 0. The number of aryl methyl sites for hydroxylation is 1. The molecule has 9 nitrogen and oxygen atoms in total. The Morgan fingerprint density at radius 1 is 1.18 bits per heavy atom. The van der Waals surface area contributed by atoms with Crippen molar-refractivity contribution in [3.63, 3.8) is 0 Å². The number of carboxylic acid groups (broad SMARTS) is 1. The second-order valence-electron chi connectivity index (χ2n) is 5.97. The zero-order valence-corrected chi connectivity index (χ0v) is 15.6. The first-order chi connectivity index (χ1) is 13.3. The Morgan fingerprint density at radius 2 is 1.89 bits per heavy atom. The summed E-state index contributed by atoms with van der Waals surface area (Å²) in [4.78, 5) is 22.4. The van der Waals surface area contributed by atoms with E-state index in [1.807, 2.05) is 0 Å². The van der Waals surface area contributed by atoms with Crippen LogP contribution in [0.2, 0.25) is 0 Å². The van der Waals surface area contributed by atoms with Crippen molar-refractivity contribution in [3.8, 4) is 0 Å². The average Bonchev–Trinajstić information content (AvgIpc) is 3.09. The van der Waals surface area contributed by atoms with Gasteiger partial charge in [-0.15, -0.1) is 0 Å². The van der Waals surface area contributed by atoms with Gasteiger partial charge < -0.3 is 9.84 Å². The summed E-state index contributed by atoms with van der Waals surface area (Å²) >= 11 is 0. The minimum Gasteiger partial charge on any atom is -0.481 e. The summed E-state index contributed by atoms with van der Waals surface area (Å²) in [5.74, 6) is -1.55. The lowest BCUT2D eigenvalue weighted by molar-refractivity contribution is -0.136. The lowest BCUT2D eigenvalue weighted by Crippen LogP contribution is -2.13. The highest BCUT2D eigenvalue weighted by molar-refractivity contribution is 7.92. The number of rotatable bonds is 7. The van der Waals surface area contributed by atoms with Gasteiger partial charge in [0.05, 0.1) is 17.5 Å². The van der Waals surface area contributed by atoms with Crippen LogP contribution in [-0.2, 0) is 26.0 Å². The van der Waals surface area contributed by atoms with Crippen LogP contribution in [0.25, 0.3) is 10.9 Å². The molecule has 0 saturated heterocycles. The number of carbonyl (C=O) groups is 2. The zero-order chi connectivity index (χ0) is 20.3. The normalized spacial score (nSPS) is 11.3. The van der Waals surface area contributed by atoms with E-state index in [4.69, 9.17) is 5.11 Å². The van der Waals surface area contributed by atoms with Crippen LogP contribution in [-0.4, -0.2) is 42.8 Å². The number of hydrogen-bond acceptors (Lipinski definition) is 6. The number of methoxy groups -OCH3 is 1. The molecule has 3 aromatic rings. The van der Waals surface area contributed by atoms with Gasteiger partial charge in [0.2, 0.25) is 0 Å². The summed E-state index contributed by atoms with van der Waals surface area (Å²) in [6.07, 6.45) is 0.286. The number of hydrogen-bond donors (Lipinski definition) is 3. The number of benzene rings is 2. The fourth-order valence-corrected chi connectivity index (χ4v) is 3.68. The van der Waals surface area contributed by atoms with Crippen LogP contribution in [0, 0.1) is 0 Å². The van der Waals surface area contributed by atoms with Crippen molar-refractivity contribution >= 4 is 38.6 Å². The van der Waals surface area contributed by atoms with Crippen molar-refractivity contribution < 1.29 is 27.9 Å². The summed E-state index contributed by atoms with van der Waals surface area (Å²) in [6, 6.07) is 10.6. The lowest BCUT2D eigenvalue weighted by atomic mass is 10.1. The van der Waals surface area contributed by atoms with E-state index in [2.05, 4.69) is 19.7 Å². The van der Waals surface area contributed by atoms with Crippen LogP contribution in [0.15, 0.2) is 47.4 Å². The molecule has 146 valence electrons. The predicted octanol–water partition coefficient (Wildman–Crippen LogP) is 2.17. The highest BCUT2D eigenvalue weighted by atomic mass is 32.2. The van der Waals surface area contributed by atoms with Gasteiger partial charge in [-0.3, -0.25) is 14.6 Å². The Balaban J connectivity index is 1.83. The second kappa shape index (κ2) is 7.69. The van der Waals surface area contributed by atoms with E-state index in [0.717, 1.165) is 5.56 Å². The first-order valence-electron chi connectivity index (χ1n) is 8.20. The van der Waals surface area contributed by atoms with Crippen molar-refractivity contribution in [2.75, 3.05) is 11.8 Å². The van der Waals surface area contributed by atoms with Gasteiger partial charge in [-0.2, -0.15) is 5.10 Å². The molecule has 3 N–H and O–H groups in total. The predicted molar refractivity (Wildman–Crippen MR) is 101 cm³/mol. The number of aliphatic carboxylic acids is 1. The highest BCUT2D eigenvalue weighted by Crippen LogP contribution is 2.23. The number of aromatic nitrogens is 2. The SMILES string of the molecule is COC(=O)c1n[nH]c2ccc(NS(=O)(=O)c3ccc(CCC(=O)O)cc3)cc12. The minimum atomic E-state index is -3.86. The third kappa shape index (κ3) is 4.12. The molecule has 0 aliphatic carbocycles. The van der Waals surface area contributed by atoms with Gasteiger partial charge in [0.1, 0.15) is 0 Å². The molecule has 28 heavy (non-hydrogen) atoms. The molecule has 0 fully saturated rings. The second-order valence-corrected chi connectivity index (χ2v) is 7.65. The number of ether oxygens (including phenoxy) is 1. The monoisotopic (exact) mass is 403 g/mol. The highest BCUT2D eigenvalue weighted by Gasteiger charge is 2.18. The number of H-pyrrole nitrogens is 1. The number of fused-ring (bicyclic) bond motifs is 1. The summed E-state index contributed by atoms with van der Waals surface area (Å²) < 4.78 is 32.3. The molecule has 0 aliphatic rings. The number of carboxylic acids is 1. The van der Waals surface area contributed by atoms with Crippen molar-refractivity contribution in [2.24, 2.45) is 0 Å². The fraction of sp³-hybridized carbons (Fsp3) is 0.167. The van der Waals surface area contributed by atoms with E-state index in [9.17, 15) is 18.0 Å². The van der Waals surface area contributed by atoms with Crippen LogP contribution in [0.1, 0.15) is 22.5 Å². The number of aromatic amines is 1. The Bertz CT molecular complexity index is 1140. The van der Waals surface area contributed by atoms with Gasteiger partial charge in [-0.05, 0) is 42.3 Å². The maximum atomic E-state index is 12.6. The van der Waals surface area contributed by atoms with Gasteiger partial charge in [-0.25, -0.2) is 13.2 Å². The van der Waals surface area contributed by atoms with E-state index in [-0.39, 0.29) is 22.7 Å². The third-order valence-electron chi connectivity index (χ3n) is 4.05. The van der Waals surface area contributed by atoms with E-state index >= 15 is 0 Å². The minimum absolute atomic E-state index is 0.0302. The maximum absolute atomic E-state index is 12.6. The number of anilines is 1. The zero-order valence-electron chi connectivity index (χ0n) is 14.8. The Labute approximate surface area is 160 Å². The van der Waals surface area contributed by atoms with Crippen molar-refractivity contribution in [1.82, 2.24) is 10.2 Å². The summed E-state index contributed by atoms with van der Waals surface area (Å²) in [5, 5.41) is 15.7. The van der Waals surface area contributed by atoms with Crippen molar-refractivity contribution in [1.29, 1.82) is 0 Å². The number of nitrogens with one attached hydrogen (secondary N) is 2.